The lowest BCUT2D eigenvalue weighted by atomic mass is 10.2. The van der Waals surface area contributed by atoms with Crippen LogP contribution in [-0.4, -0.2) is 23.8 Å². The summed E-state index contributed by atoms with van der Waals surface area (Å²) in [6.45, 7) is 5.98. The van der Waals surface area contributed by atoms with Crippen molar-refractivity contribution < 1.29 is 14.2 Å². The van der Waals surface area contributed by atoms with Crippen LogP contribution in [0.15, 0.2) is 12.4 Å². The van der Waals surface area contributed by atoms with Gasteiger partial charge in [0, 0.05) is 0 Å². The summed E-state index contributed by atoms with van der Waals surface area (Å²) in [4.78, 5) is 4.10. The van der Waals surface area contributed by atoms with Crippen molar-refractivity contribution in [2.45, 2.75) is 45.3 Å². The van der Waals surface area contributed by atoms with Gasteiger partial charge in [-0.05, 0) is 33.6 Å². The van der Waals surface area contributed by atoms with E-state index in [0.717, 1.165) is 12.8 Å². The molecule has 1 aliphatic carbocycles. The summed E-state index contributed by atoms with van der Waals surface area (Å²) in [6.07, 6.45) is 5.81. The highest BCUT2D eigenvalue weighted by molar-refractivity contribution is 5.49. The smallest absolute Gasteiger partial charge is 0.207 e. The standard InChI is InChI=1S/C13H19NO3/c1-13(2,3)17-11-8-14-7-10(15-4)12(11)16-9-5-6-9/h7-9H,5-6H2,1-4H3. The number of hydrogen-bond donors (Lipinski definition) is 0. The number of methoxy groups -OCH3 is 1. The van der Waals surface area contributed by atoms with Crippen LogP contribution in [0.5, 0.6) is 17.2 Å². The molecule has 2 rings (SSSR count). The number of nitrogens with zero attached hydrogens (tertiary/aromatic N) is 1. The van der Waals surface area contributed by atoms with Gasteiger partial charge >= 0.3 is 0 Å². The Bertz CT molecular complexity index is 394. The molecular formula is C13H19NO3. The van der Waals surface area contributed by atoms with E-state index in [-0.39, 0.29) is 5.60 Å². The Balaban J connectivity index is 2.28. The fraction of sp³-hybridized carbons (Fsp3) is 0.615. The predicted molar refractivity (Wildman–Crippen MR) is 64.8 cm³/mol. The molecule has 1 aliphatic rings. The average molecular weight is 237 g/mol. The van der Waals surface area contributed by atoms with Gasteiger partial charge in [0.15, 0.2) is 11.5 Å². The van der Waals surface area contributed by atoms with Gasteiger partial charge in [0.25, 0.3) is 0 Å². The molecule has 17 heavy (non-hydrogen) atoms. The molecule has 94 valence electrons. The first-order valence-electron chi connectivity index (χ1n) is 5.87. The number of pyridine rings is 1. The van der Waals surface area contributed by atoms with Crippen LogP contribution in [0.4, 0.5) is 0 Å². The molecule has 0 N–H and O–H groups in total. The minimum atomic E-state index is -0.282. The highest BCUT2D eigenvalue weighted by Crippen LogP contribution is 2.41. The van der Waals surface area contributed by atoms with Gasteiger partial charge in [-0.1, -0.05) is 0 Å². The first-order chi connectivity index (χ1) is 7.99. The predicted octanol–water partition coefficient (Wildman–Crippen LogP) is 2.81. The summed E-state index contributed by atoms with van der Waals surface area (Å²) in [5, 5.41) is 0. The maximum Gasteiger partial charge on any atom is 0.207 e. The third kappa shape index (κ3) is 3.25. The molecule has 4 heteroatoms. The Morgan fingerprint density at radius 1 is 1.18 bits per heavy atom. The summed E-state index contributed by atoms with van der Waals surface area (Å²) in [7, 11) is 1.61. The normalized spacial score (nSPS) is 15.5. The lowest BCUT2D eigenvalue weighted by Crippen LogP contribution is -2.23. The van der Waals surface area contributed by atoms with Crippen molar-refractivity contribution in [1.29, 1.82) is 0 Å². The van der Waals surface area contributed by atoms with E-state index >= 15 is 0 Å². The molecule has 1 aromatic rings. The minimum Gasteiger partial charge on any atom is -0.491 e. The second-order valence-electron chi connectivity index (χ2n) is 5.20. The molecule has 1 saturated carbocycles. The minimum absolute atomic E-state index is 0.282. The van der Waals surface area contributed by atoms with Crippen molar-refractivity contribution in [3.8, 4) is 17.2 Å². The van der Waals surface area contributed by atoms with E-state index in [9.17, 15) is 0 Å². The number of ether oxygens (including phenoxy) is 3. The van der Waals surface area contributed by atoms with Gasteiger partial charge in [0.2, 0.25) is 5.75 Å². The van der Waals surface area contributed by atoms with Crippen LogP contribution in [0, 0.1) is 0 Å². The summed E-state index contributed by atoms with van der Waals surface area (Å²) in [5.41, 5.74) is -0.282. The molecule has 0 radical (unpaired) electrons. The quantitative estimate of drug-likeness (QED) is 0.807. The number of hydrogen-bond acceptors (Lipinski definition) is 4. The molecular weight excluding hydrogens is 218 g/mol. The third-order valence-corrected chi connectivity index (χ3v) is 2.28. The van der Waals surface area contributed by atoms with Crippen LogP contribution in [0.25, 0.3) is 0 Å². The molecule has 0 atom stereocenters. The molecule has 4 nitrogen and oxygen atoms in total. The van der Waals surface area contributed by atoms with Crippen molar-refractivity contribution >= 4 is 0 Å². The zero-order valence-electron chi connectivity index (χ0n) is 10.8. The second kappa shape index (κ2) is 4.43. The molecule has 1 aromatic heterocycles. The van der Waals surface area contributed by atoms with Gasteiger partial charge in [0.1, 0.15) is 5.60 Å². The lowest BCUT2D eigenvalue weighted by Gasteiger charge is -2.23. The molecule has 0 bridgehead atoms. The van der Waals surface area contributed by atoms with Crippen LogP contribution < -0.4 is 14.2 Å². The first kappa shape index (κ1) is 12.0. The van der Waals surface area contributed by atoms with Crippen LogP contribution >= 0.6 is 0 Å². The monoisotopic (exact) mass is 237 g/mol. The molecule has 1 fully saturated rings. The Hall–Kier alpha value is -1.45. The number of rotatable bonds is 4. The van der Waals surface area contributed by atoms with Crippen LogP contribution in [0.2, 0.25) is 0 Å². The maximum atomic E-state index is 5.84. The van der Waals surface area contributed by atoms with Gasteiger partial charge < -0.3 is 14.2 Å². The van der Waals surface area contributed by atoms with E-state index in [4.69, 9.17) is 14.2 Å². The molecule has 0 aliphatic heterocycles. The van der Waals surface area contributed by atoms with Crippen LogP contribution in [0.1, 0.15) is 33.6 Å². The lowest BCUT2D eigenvalue weighted by molar-refractivity contribution is 0.120. The third-order valence-electron chi connectivity index (χ3n) is 2.28. The van der Waals surface area contributed by atoms with E-state index < -0.39 is 0 Å². The summed E-state index contributed by atoms with van der Waals surface area (Å²) in [6, 6.07) is 0. The summed E-state index contributed by atoms with van der Waals surface area (Å²) in [5.74, 6) is 1.93. The molecule has 0 amide bonds. The fourth-order valence-corrected chi connectivity index (χ4v) is 1.43. The highest BCUT2D eigenvalue weighted by Gasteiger charge is 2.28. The van der Waals surface area contributed by atoms with Crippen LogP contribution in [-0.2, 0) is 0 Å². The van der Waals surface area contributed by atoms with Crippen LogP contribution in [0.3, 0.4) is 0 Å². The molecule has 0 spiro atoms. The van der Waals surface area contributed by atoms with Gasteiger partial charge in [-0.15, -0.1) is 0 Å². The van der Waals surface area contributed by atoms with Crippen molar-refractivity contribution in [3.05, 3.63) is 12.4 Å². The first-order valence-corrected chi connectivity index (χ1v) is 5.87. The molecule has 1 heterocycles. The van der Waals surface area contributed by atoms with Crippen molar-refractivity contribution in [3.63, 3.8) is 0 Å². The van der Waals surface area contributed by atoms with Crippen molar-refractivity contribution in [2.24, 2.45) is 0 Å². The van der Waals surface area contributed by atoms with E-state index in [1.165, 1.54) is 0 Å². The fourth-order valence-electron chi connectivity index (χ4n) is 1.43. The van der Waals surface area contributed by atoms with Gasteiger partial charge in [-0.2, -0.15) is 0 Å². The SMILES string of the molecule is COc1cncc(OC(C)(C)C)c1OC1CC1. The molecule has 0 unspecified atom stereocenters. The van der Waals surface area contributed by atoms with Crippen molar-refractivity contribution in [1.82, 2.24) is 4.98 Å². The second-order valence-corrected chi connectivity index (χ2v) is 5.20. The topological polar surface area (TPSA) is 40.6 Å². The zero-order chi connectivity index (χ0) is 12.5. The highest BCUT2D eigenvalue weighted by atomic mass is 16.6. The Morgan fingerprint density at radius 2 is 1.82 bits per heavy atom. The number of aromatic nitrogens is 1. The van der Waals surface area contributed by atoms with Gasteiger partial charge in [-0.3, -0.25) is 4.98 Å². The van der Waals surface area contributed by atoms with Gasteiger partial charge in [-0.25, -0.2) is 0 Å². The molecule has 0 saturated heterocycles. The molecule has 0 aromatic carbocycles. The summed E-state index contributed by atoms with van der Waals surface area (Å²) >= 11 is 0. The van der Waals surface area contributed by atoms with E-state index in [0.29, 0.717) is 23.4 Å². The maximum absolute atomic E-state index is 5.84. The summed E-state index contributed by atoms with van der Waals surface area (Å²) < 4.78 is 16.9. The van der Waals surface area contributed by atoms with E-state index in [1.807, 2.05) is 20.8 Å². The Morgan fingerprint density at radius 3 is 2.35 bits per heavy atom. The van der Waals surface area contributed by atoms with E-state index in [1.54, 1.807) is 19.5 Å². The van der Waals surface area contributed by atoms with Crippen molar-refractivity contribution in [2.75, 3.05) is 7.11 Å². The Labute approximate surface area is 102 Å². The Kier molecular flexibility index (Phi) is 3.13. The van der Waals surface area contributed by atoms with Gasteiger partial charge in [0.05, 0.1) is 25.6 Å². The zero-order valence-corrected chi connectivity index (χ0v) is 10.8. The average Bonchev–Trinajstić information content (AvgIpc) is 3.02. The largest absolute Gasteiger partial charge is 0.491 e. The van der Waals surface area contributed by atoms with E-state index in [2.05, 4.69) is 4.98 Å².